The van der Waals surface area contributed by atoms with Crippen LogP contribution in [0.15, 0.2) is 51.6 Å². The predicted molar refractivity (Wildman–Crippen MR) is 71.2 cm³/mol. The summed E-state index contributed by atoms with van der Waals surface area (Å²) in [5.41, 5.74) is 1.55. The first-order valence-corrected chi connectivity index (χ1v) is 6.19. The van der Waals surface area contributed by atoms with E-state index < -0.39 is 0 Å². The summed E-state index contributed by atoms with van der Waals surface area (Å²) in [6.07, 6.45) is 1.65. The Morgan fingerprint density at radius 1 is 1.20 bits per heavy atom. The number of aryl methyl sites for hydroxylation is 1. The highest BCUT2D eigenvalue weighted by atomic mass is 16.5. The minimum absolute atomic E-state index is 0.0584. The number of carbonyl (C=O) groups is 1. The van der Waals surface area contributed by atoms with Gasteiger partial charge in [0.2, 0.25) is 11.7 Å². The van der Waals surface area contributed by atoms with E-state index >= 15 is 0 Å². The summed E-state index contributed by atoms with van der Waals surface area (Å²) in [4.78, 5) is 16.2. The lowest BCUT2D eigenvalue weighted by Gasteiger charge is -1.95. The van der Waals surface area contributed by atoms with E-state index in [1.807, 2.05) is 31.2 Å². The molecule has 3 rings (SSSR count). The van der Waals surface area contributed by atoms with Crippen molar-refractivity contribution in [3.63, 3.8) is 0 Å². The molecule has 0 fully saturated rings. The molecule has 0 saturated heterocycles. The van der Waals surface area contributed by atoms with Crippen LogP contribution in [0.1, 0.15) is 21.8 Å². The van der Waals surface area contributed by atoms with Gasteiger partial charge in [-0.25, -0.2) is 0 Å². The minimum Gasteiger partial charge on any atom is -0.461 e. The van der Waals surface area contributed by atoms with Crippen LogP contribution in [-0.4, -0.2) is 15.9 Å². The van der Waals surface area contributed by atoms with Gasteiger partial charge >= 0.3 is 0 Å². The number of hydrogen-bond acceptors (Lipinski definition) is 5. The average Bonchev–Trinajstić information content (AvgIpc) is 3.08. The van der Waals surface area contributed by atoms with Crippen LogP contribution in [0.25, 0.3) is 11.6 Å². The number of aromatic nitrogens is 2. The molecule has 2 heterocycles. The maximum atomic E-state index is 12.0. The van der Waals surface area contributed by atoms with Crippen molar-refractivity contribution < 1.29 is 13.7 Å². The third-order valence-electron chi connectivity index (χ3n) is 2.94. The molecule has 5 heteroatoms. The molecule has 20 heavy (non-hydrogen) atoms. The SMILES string of the molecule is Cc1ccoc1-c1noc(CC(=O)c2ccccc2)n1. The fourth-order valence-corrected chi connectivity index (χ4v) is 1.88. The summed E-state index contributed by atoms with van der Waals surface area (Å²) in [5.74, 6) is 1.15. The first kappa shape index (κ1) is 12.3. The number of rotatable bonds is 4. The lowest BCUT2D eigenvalue weighted by Crippen LogP contribution is -2.03. The van der Waals surface area contributed by atoms with Crippen molar-refractivity contribution in [1.29, 1.82) is 0 Å². The van der Waals surface area contributed by atoms with Crippen molar-refractivity contribution in [3.8, 4) is 11.6 Å². The van der Waals surface area contributed by atoms with Crippen LogP contribution in [0.4, 0.5) is 0 Å². The lowest BCUT2D eigenvalue weighted by atomic mass is 10.1. The second kappa shape index (κ2) is 5.13. The van der Waals surface area contributed by atoms with E-state index in [0.29, 0.717) is 17.1 Å². The molecule has 100 valence electrons. The summed E-state index contributed by atoms with van der Waals surface area (Å²) in [5, 5.41) is 3.83. The van der Waals surface area contributed by atoms with E-state index in [4.69, 9.17) is 8.94 Å². The molecule has 0 spiro atoms. The smallest absolute Gasteiger partial charge is 0.238 e. The number of nitrogens with zero attached hydrogens (tertiary/aromatic N) is 2. The van der Waals surface area contributed by atoms with Crippen LogP contribution in [0.2, 0.25) is 0 Å². The quantitative estimate of drug-likeness (QED) is 0.680. The first-order chi connectivity index (χ1) is 9.74. The molecule has 0 bridgehead atoms. The lowest BCUT2D eigenvalue weighted by molar-refractivity contribution is 0.0983. The zero-order valence-electron chi connectivity index (χ0n) is 10.9. The summed E-state index contributed by atoms with van der Waals surface area (Å²) in [6.45, 7) is 1.89. The van der Waals surface area contributed by atoms with Gasteiger partial charge in [0.25, 0.3) is 0 Å². The summed E-state index contributed by atoms with van der Waals surface area (Å²) < 4.78 is 10.4. The number of carbonyl (C=O) groups excluding carboxylic acids is 1. The molecule has 0 atom stereocenters. The highest BCUT2D eigenvalue weighted by Gasteiger charge is 2.16. The predicted octanol–water partition coefficient (Wildman–Crippen LogP) is 3.06. The van der Waals surface area contributed by atoms with Gasteiger partial charge in [0.05, 0.1) is 12.7 Å². The van der Waals surface area contributed by atoms with Crippen molar-refractivity contribution in [2.75, 3.05) is 0 Å². The number of hydrogen-bond donors (Lipinski definition) is 0. The summed E-state index contributed by atoms with van der Waals surface area (Å²) in [7, 11) is 0. The molecule has 0 N–H and O–H groups in total. The molecule has 2 aromatic heterocycles. The van der Waals surface area contributed by atoms with E-state index in [-0.39, 0.29) is 18.1 Å². The second-order valence-electron chi connectivity index (χ2n) is 4.41. The molecule has 0 aliphatic rings. The van der Waals surface area contributed by atoms with Crippen LogP contribution in [0.3, 0.4) is 0 Å². The van der Waals surface area contributed by atoms with E-state index in [1.165, 1.54) is 0 Å². The molecular formula is C15H12N2O3. The van der Waals surface area contributed by atoms with E-state index in [1.54, 1.807) is 18.4 Å². The van der Waals surface area contributed by atoms with Gasteiger partial charge in [-0.3, -0.25) is 4.79 Å². The Hall–Kier alpha value is -2.69. The van der Waals surface area contributed by atoms with Crippen LogP contribution in [0, 0.1) is 6.92 Å². The van der Waals surface area contributed by atoms with Gasteiger partial charge in [0.15, 0.2) is 11.5 Å². The van der Waals surface area contributed by atoms with Gasteiger partial charge in [0, 0.05) is 5.56 Å². The first-order valence-electron chi connectivity index (χ1n) is 6.19. The van der Waals surface area contributed by atoms with Gasteiger partial charge in [-0.05, 0) is 18.6 Å². The molecule has 5 nitrogen and oxygen atoms in total. The van der Waals surface area contributed by atoms with Gasteiger partial charge in [-0.1, -0.05) is 35.5 Å². The number of furan rings is 1. The molecule has 3 aromatic rings. The van der Waals surface area contributed by atoms with Crippen molar-refractivity contribution in [2.24, 2.45) is 0 Å². The molecule has 0 aliphatic heterocycles. The standard InChI is InChI=1S/C15H12N2O3/c1-10-7-8-19-14(10)15-16-13(20-17-15)9-12(18)11-5-3-2-4-6-11/h2-8H,9H2,1H3. The number of Topliss-reactive ketones (excluding diaryl/α,β-unsaturated/α-hetero) is 1. The normalized spacial score (nSPS) is 10.7. The Morgan fingerprint density at radius 3 is 2.70 bits per heavy atom. The summed E-state index contributed by atoms with van der Waals surface area (Å²) in [6, 6.07) is 10.8. The van der Waals surface area contributed by atoms with E-state index in [0.717, 1.165) is 5.56 Å². The molecule has 0 amide bonds. The van der Waals surface area contributed by atoms with Crippen molar-refractivity contribution >= 4 is 5.78 Å². The molecule has 0 saturated carbocycles. The molecule has 0 radical (unpaired) electrons. The largest absolute Gasteiger partial charge is 0.461 e. The van der Waals surface area contributed by atoms with Crippen LogP contribution in [-0.2, 0) is 6.42 Å². The van der Waals surface area contributed by atoms with Gasteiger partial charge in [-0.15, -0.1) is 0 Å². The van der Waals surface area contributed by atoms with Crippen LogP contribution < -0.4 is 0 Å². The van der Waals surface area contributed by atoms with Crippen LogP contribution in [0.5, 0.6) is 0 Å². The molecule has 0 unspecified atom stereocenters. The van der Waals surface area contributed by atoms with Gasteiger partial charge < -0.3 is 8.94 Å². The topological polar surface area (TPSA) is 69.1 Å². The second-order valence-corrected chi connectivity index (χ2v) is 4.41. The Morgan fingerprint density at radius 2 is 2.00 bits per heavy atom. The summed E-state index contributed by atoms with van der Waals surface area (Å²) >= 11 is 0. The zero-order chi connectivity index (χ0) is 13.9. The highest BCUT2D eigenvalue weighted by molar-refractivity contribution is 5.96. The van der Waals surface area contributed by atoms with Crippen molar-refractivity contribution in [2.45, 2.75) is 13.3 Å². The Bertz CT molecular complexity index is 728. The monoisotopic (exact) mass is 268 g/mol. The fourth-order valence-electron chi connectivity index (χ4n) is 1.88. The molecule has 1 aromatic carbocycles. The van der Waals surface area contributed by atoms with Gasteiger partial charge in [0.1, 0.15) is 0 Å². The number of benzene rings is 1. The molecule has 0 aliphatic carbocycles. The van der Waals surface area contributed by atoms with Crippen molar-refractivity contribution in [1.82, 2.24) is 10.1 Å². The van der Waals surface area contributed by atoms with Crippen molar-refractivity contribution in [3.05, 3.63) is 59.7 Å². The maximum absolute atomic E-state index is 12.0. The Kier molecular flexibility index (Phi) is 3.16. The average molecular weight is 268 g/mol. The van der Waals surface area contributed by atoms with E-state index in [2.05, 4.69) is 10.1 Å². The molecular weight excluding hydrogens is 256 g/mol. The maximum Gasteiger partial charge on any atom is 0.238 e. The van der Waals surface area contributed by atoms with Crippen LogP contribution >= 0.6 is 0 Å². The van der Waals surface area contributed by atoms with Gasteiger partial charge in [-0.2, -0.15) is 4.98 Å². The Balaban J connectivity index is 1.78. The van der Waals surface area contributed by atoms with E-state index in [9.17, 15) is 4.79 Å². The zero-order valence-corrected chi connectivity index (χ0v) is 10.9. The third kappa shape index (κ3) is 2.38. The number of ketones is 1. The highest BCUT2D eigenvalue weighted by Crippen LogP contribution is 2.21. The third-order valence-corrected chi connectivity index (χ3v) is 2.94. The minimum atomic E-state index is -0.0584. The fraction of sp³-hybridized carbons (Fsp3) is 0.133. The Labute approximate surface area is 115 Å².